The van der Waals surface area contributed by atoms with Crippen LogP contribution in [0.25, 0.3) is 0 Å². The predicted octanol–water partition coefficient (Wildman–Crippen LogP) is 3.63. The first-order chi connectivity index (χ1) is 9.49. The molecule has 1 amide bonds. The average Bonchev–Trinajstić information content (AvgIpc) is 2.40. The van der Waals surface area contributed by atoms with Gasteiger partial charge < -0.3 is 9.64 Å². The lowest BCUT2D eigenvalue weighted by atomic mass is 10.2. The first-order valence-electron chi connectivity index (χ1n) is 6.39. The molecule has 20 heavy (non-hydrogen) atoms. The smallest absolute Gasteiger partial charge is 0.325 e. The summed E-state index contributed by atoms with van der Waals surface area (Å²) in [6, 6.07) is 5.38. The largest absolute Gasteiger partial charge is 0.465 e. The van der Waals surface area contributed by atoms with Crippen LogP contribution in [0.4, 0.5) is 0 Å². The topological polar surface area (TPSA) is 46.6 Å². The van der Waals surface area contributed by atoms with Crippen molar-refractivity contribution in [2.75, 3.05) is 19.7 Å². The lowest BCUT2D eigenvalue weighted by molar-refractivity contribution is -0.143. The third-order valence-corrected chi connectivity index (χ3v) is 3.75. The van der Waals surface area contributed by atoms with Crippen LogP contribution < -0.4 is 0 Å². The lowest BCUT2D eigenvalue weighted by Gasteiger charge is -2.21. The second kappa shape index (κ2) is 8.42. The molecule has 0 aliphatic rings. The van der Waals surface area contributed by atoms with E-state index < -0.39 is 0 Å². The van der Waals surface area contributed by atoms with Crippen molar-refractivity contribution in [1.29, 1.82) is 0 Å². The molecule has 0 fully saturated rings. The number of rotatable bonds is 6. The quantitative estimate of drug-likeness (QED) is 0.677. The van der Waals surface area contributed by atoms with E-state index in [2.05, 4.69) is 31.9 Å². The van der Waals surface area contributed by atoms with Crippen molar-refractivity contribution in [2.24, 2.45) is 0 Å². The van der Waals surface area contributed by atoms with Gasteiger partial charge in [0.25, 0.3) is 5.91 Å². The fourth-order valence-electron chi connectivity index (χ4n) is 1.72. The van der Waals surface area contributed by atoms with Gasteiger partial charge in [0.1, 0.15) is 6.54 Å². The van der Waals surface area contributed by atoms with Gasteiger partial charge in [0, 0.05) is 15.5 Å². The van der Waals surface area contributed by atoms with Crippen LogP contribution in [-0.2, 0) is 9.53 Å². The molecule has 6 heteroatoms. The fraction of sp³-hybridized carbons (Fsp3) is 0.429. The van der Waals surface area contributed by atoms with Gasteiger partial charge in [-0.15, -0.1) is 0 Å². The van der Waals surface area contributed by atoms with Crippen molar-refractivity contribution >= 4 is 43.7 Å². The lowest BCUT2D eigenvalue weighted by Crippen LogP contribution is -2.37. The number of hydrogen-bond acceptors (Lipinski definition) is 3. The van der Waals surface area contributed by atoms with Crippen molar-refractivity contribution in [3.8, 4) is 0 Å². The number of nitrogens with zero attached hydrogens (tertiary/aromatic N) is 1. The number of halogens is 2. The monoisotopic (exact) mass is 405 g/mol. The maximum absolute atomic E-state index is 12.5. The Morgan fingerprint density at radius 1 is 1.25 bits per heavy atom. The Kier molecular flexibility index (Phi) is 7.23. The Labute approximate surface area is 135 Å². The van der Waals surface area contributed by atoms with Gasteiger partial charge >= 0.3 is 5.97 Å². The van der Waals surface area contributed by atoms with Crippen LogP contribution in [-0.4, -0.2) is 36.5 Å². The molecule has 0 atom stereocenters. The molecule has 0 aliphatic heterocycles. The number of esters is 1. The third kappa shape index (κ3) is 4.90. The van der Waals surface area contributed by atoms with E-state index in [-0.39, 0.29) is 18.4 Å². The van der Waals surface area contributed by atoms with Gasteiger partial charge in [0.05, 0.1) is 12.2 Å². The Morgan fingerprint density at radius 2 is 1.95 bits per heavy atom. The molecule has 4 nitrogen and oxygen atoms in total. The molecule has 0 bridgehead atoms. The number of carbonyl (C=O) groups excluding carboxylic acids is 2. The molecule has 0 aromatic heterocycles. The Bertz CT molecular complexity index is 491. The van der Waals surface area contributed by atoms with Crippen molar-refractivity contribution in [3.05, 3.63) is 32.7 Å². The van der Waals surface area contributed by atoms with Crippen LogP contribution in [0.5, 0.6) is 0 Å². The molecule has 1 rings (SSSR count). The molecule has 0 saturated heterocycles. The molecule has 0 heterocycles. The summed E-state index contributed by atoms with van der Waals surface area (Å²) in [6.45, 7) is 4.50. The van der Waals surface area contributed by atoms with Crippen molar-refractivity contribution < 1.29 is 14.3 Å². The summed E-state index contributed by atoms with van der Waals surface area (Å²) in [6.07, 6.45) is 0.775. The molecular formula is C14H17Br2NO3. The second-order valence-corrected chi connectivity index (χ2v) is 5.93. The van der Waals surface area contributed by atoms with Crippen LogP contribution in [0.3, 0.4) is 0 Å². The normalized spacial score (nSPS) is 10.2. The minimum atomic E-state index is -0.389. The molecule has 110 valence electrons. The molecule has 1 aromatic rings. The molecule has 0 radical (unpaired) electrons. The first-order valence-corrected chi connectivity index (χ1v) is 7.98. The molecule has 0 saturated carbocycles. The molecule has 0 N–H and O–H groups in total. The minimum absolute atomic E-state index is 0.0283. The zero-order valence-corrected chi connectivity index (χ0v) is 14.7. The molecule has 0 spiro atoms. The van der Waals surface area contributed by atoms with Crippen LogP contribution in [0.2, 0.25) is 0 Å². The van der Waals surface area contributed by atoms with Crippen molar-refractivity contribution in [2.45, 2.75) is 20.3 Å². The summed E-state index contributed by atoms with van der Waals surface area (Å²) in [5, 5.41) is 0. The van der Waals surface area contributed by atoms with Gasteiger partial charge in [-0.05, 0) is 47.5 Å². The van der Waals surface area contributed by atoms with E-state index in [9.17, 15) is 9.59 Å². The molecule has 1 aromatic carbocycles. The summed E-state index contributed by atoms with van der Waals surface area (Å²) >= 11 is 6.71. The van der Waals surface area contributed by atoms with E-state index in [4.69, 9.17) is 4.74 Å². The molecule has 0 aliphatic carbocycles. The molecular weight excluding hydrogens is 390 g/mol. The second-order valence-electron chi connectivity index (χ2n) is 4.16. The number of ether oxygens (including phenoxy) is 1. The highest BCUT2D eigenvalue weighted by molar-refractivity contribution is 9.11. The van der Waals surface area contributed by atoms with Crippen LogP contribution >= 0.6 is 31.9 Å². The highest BCUT2D eigenvalue weighted by atomic mass is 79.9. The van der Waals surface area contributed by atoms with Gasteiger partial charge in [-0.3, -0.25) is 9.59 Å². The summed E-state index contributed by atoms with van der Waals surface area (Å²) in [5.74, 6) is -0.575. The maximum atomic E-state index is 12.5. The van der Waals surface area contributed by atoms with E-state index in [1.807, 2.05) is 13.0 Å². The number of amides is 1. The summed E-state index contributed by atoms with van der Waals surface area (Å²) in [7, 11) is 0. The number of hydrogen-bond donors (Lipinski definition) is 0. The van der Waals surface area contributed by atoms with E-state index in [1.54, 1.807) is 19.1 Å². The summed E-state index contributed by atoms with van der Waals surface area (Å²) in [4.78, 5) is 25.6. The SMILES string of the molecule is CCCN(CC(=O)OCC)C(=O)c1cc(Br)ccc1Br. The maximum Gasteiger partial charge on any atom is 0.325 e. The van der Waals surface area contributed by atoms with E-state index in [0.29, 0.717) is 23.2 Å². The number of benzene rings is 1. The van der Waals surface area contributed by atoms with E-state index in [0.717, 1.165) is 10.9 Å². The van der Waals surface area contributed by atoms with Gasteiger partial charge in [0.15, 0.2) is 0 Å². The van der Waals surface area contributed by atoms with Gasteiger partial charge in [-0.2, -0.15) is 0 Å². The van der Waals surface area contributed by atoms with Crippen molar-refractivity contribution in [3.63, 3.8) is 0 Å². The van der Waals surface area contributed by atoms with Crippen LogP contribution in [0.15, 0.2) is 27.1 Å². The Morgan fingerprint density at radius 3 is 2.55 bits per heavy atom. The van der Waals surface area contributed by atoms with E-state index in [1.165, 1.54) is 4.90 Å². The highest BCUT2D eigenvalue weighted by Gasteiger charge is 2.20. The van der Waals surface area contributed by atoms with Gasteiger partial charge in [0.2, 0.25) is 0 Å². The Hall–Kier alpha value is -0.880. The predicted molar refractivity (Wildman–Crippen MR) is 84.7 cm³/mol. The first kappa shape index (κ1) is 17.2. The summed E-state index contributed by atoms with van der Waals surface area (Å²) < 4.78 is 6.43. The minimum Gasteiger partial charge on any atom is -0.465 e. The zero-order chi connectivity index (χ0) is 15.1. The van der Waals surface area contributed by atoms with Crippen LogP contribution in [0.1, 0.15) is 30.6 Å². The van der Waals surface area contributed by atoms with Gasteiger partial charge in [-0.25, -0.2) is 0 Å². The van der Waals surface area contributed by atoms with Crippen molar-refractivity contribution in [1.82, 2.24) is 4.90 Å². The van der Waals surface area contributed by atoms with E-state index >= 15 is 0 Å². The zero-order valence-electron chi connectivity index (χ0n) is 11.5. The number of carbonyl (C=O) groups is 2. The van der Waals surface area contributed by atoms with Gasteiger partial charge in [-0.1, -0.05) is 22.9 Å². The summed E-state index contributed by atoms with van der Waals surface area (Å²) in [5.41, 5.74) is 0.525. The Balaban J connectivity index is 2.93. The average molecular weight is 407 g/mol. The standard InChI is InChI=1S/C14H17Br2NO3/c1-3-7-17(9-13(18)20-4-2)14(19)11-8-10(15)5-6-12(11)16/h5-6,8H,3-4,7,9H2,1-2H3. The highest BCUT2D eigenvalue weighted by Crippen LogP contribution is 2.23. The third-order valence-electron chi connectivity index (χ3n) is 2.56. The van der Waals surface area contributed by atoms with Crippen LogP contribution in [0, 0.1) is 0 Å². The molecule has 0 unspecified atom stereocenters. The fourth-order valence-corrected chi connectivity index (χ4v) is 2.49.